The summed E-state index contributed by atoms with van der Waals surface area (Å²) in [6.07, 6.45) is 6.39. The van der Waals surface area contributed by atoms with Gasteiger partial charge in [-0.3, -0.25) is 4.79 Å². The fourth-order valence-electron chi connectivity index (χ4n) is 4.48. The molecule has 0 atom stereocenters. The second-order valence-corrected chi connectivity index (χ2v) is 10.2. The van der Waals surface area contributed by atoms with Gasteiger partial charge in [-0.2, -0.15) is 4.57 Å². The van der Waals surface area contributed by atoms with Gasteiger partial charge in [-0.05, 0) is 53.4 Å². The molecule has 2 amide bonds. The van der Waals surface area contributed by atoms with E-state index in [4.69, 9.17) is 14.2 Å². The molecule has 0 bridgehead atoms. The van der Waals surface area contributed by atoms with Crippen molar-refractivity contribution >= 4 is 18.2 Å². The molecule has 2 aromatic rings. The summed E-state index contributed by atoms with van der Waals surface area (Å²) in [5, 5.41) is 5.49. The minimum absolute atomic E-state index is 0. The van der Waals surface area contributed by atoms with Crippen molar-refractivity contribution in [1.29, 1.82) is 0 Å². The van der Waals surface area contributed by atoms with Crippen molar-refractivity contribution in [3.8, 4) is 11.3 Å². The summed E-state index contributed by atoms with van der Waals surface area (Å²) in [4.78, 5) is 36.4. The molecule has 1 fully saturated rings. The Balaban J connectivity index is 0.00000400. The number of aromatic nitrogens is 2. The van der Waals surface area contributed by atoms with Gasteiger partial charge < -0.3 is 53.4 Å². The number of ether oxygens (including phenoxy) is 3. The van der Waals surface area contributed by atoms with Crippen molar-refractivity contribution in [2.24, 2.45) is 5.92 Å². The summed E-state index contributed by atoms with van der Waals surface area (Å²) < 4.78 is 20.6. The van der Waals surface area contributed by atoms with E-state index in [0.29, 0.717) is 0 Å². The standard InChI is InChI=1S/C27H36N4O6.HI/c1-17(2)28-26(33)35-14-21-22(15-36-27(34)29-18(3)4)24(31-11-5-6-23(21)31)19-9-12-30(13-10-19)16-37-25(32)20-7-8-20;/h9-10,12-13,17-18,20H,5-8,11,14-16H2,1-4H3,(H-,28,29,33,34);1H. The van der Waals surface area contributed by atoms with Crippen LogP contribution in [0.25, 0.3) is 11.3 Å². The van der Waals surface area contributed by atoms with Gasteiger partial charge in [0.05, 0.1) is 11.6 Å². The van der Waals surface area contributed by atoms with E-state index in [1.165, 1.54) is 0 Å². The van der Waals surface area contributed by atoms with Crippen molar-refractivity contribution in [2.75, 3.05) is 0 Å². The molecule has 1 aliphatic heterocycles. The molecule has 38 heavy (non-hydrogen) atoms. The van der Waals surface area contributed by atoms with Crippen LogP contribution in [0.1, 0.15) is 63.8 Å². The van der Waals surface area contributed by atoms with Crippen molar-refractivity contribution in [2.45, 2.75) is 92.0 Å². The highest BCUT2D eigenvalue weighted by Gasteiger charge is 2.32. The van der Waals surface area contributed by atoms with E-state index in [2.05, 4.69) is 15.2 Å². The Hall–Kier alpha value is -2.83. The lowest BCUT2D eigenvalue weighted by Gasteiger charge is -2.14. The third kappa shape index (κ3) is 7.61. The Bertz CT molecular complexity index is 1140. The predicted molar refractivity (Wildman–Crippen MR) is 134 cm³/mol. The molecule has 2 aromatic heterocycles. The number of fused-ring (bicyclic) bond motifs is 1. The molecule has 0 aromatic carbocycles. The van der Waals surface area contributed by atoms with E-state index < -0.39 is 12.2 Å². The number of amides is 2. The van der Waals surface area contributed by atoms with Crippen molar-refractivity contribution in [1.82, 2.24) is 15.2 Å². The number of carbonyl (C=O) groups is 3. The molecule has 1 aliphatic carbocycles. The topological polar surface area (TPSA) is 112 Å². The Morgan fingerprint density at radius 1 is 0.947 bits per heavy atom. The zero-order chi connectivity index (χ0) is 26.5. The minimum atomic E-state index is -0.500. The smallest absolute Gasteiger partial charge is 0.407 e. The van der Waals surface area contributed by atoms with Crippen molar-refractivity contribution in [3.63, 3.8) is 0 Å². The van der Waals surface area contributed by atoms with Crippen LogP contribution in [0.4, 0.5) is 9.59 Å². The molecule has 1 saturated carbocycles. The molecule has 11 heteroatoms. The summed E-state index contributed by atoms with van der Waals surface area (Å²) in [6.45, 7) is 8.60. The maximum Gasteiger partial charge on any atom is 0.407 e. The van der Waals surface area contributed by atoms with Crippen LogP contribution in [0.5, 0.6) is 0 Å². The highest BCUT2D eigenvalue weighted by atomic mass is 127. The zero-order valence-corrected chi connectivity index (χ0v) is 24.6. The first-order valence-corrected chi connectivity index (χ1v) is 13.0. The van der Waals surface area contributed by atoms with Gasteiger partial charge in [0.2, 0.25) is 0 Å². The zero-order valence-electron chi connectivity index (χ0n) is 22.4. The predicted octanol–water partition coefficient (Wildman–Crippen LogP) is 0.573. The average molecular weight is 641 g/mol. The molecule has 0 radical (unpaired) electrons. The number of hydrogen-bond acceptors (Lipinski definition) is 6. The first-order valence-electron chi connectivity index (χ1n) is 13.0. The van der Waals surface area contributed by atoms with Crippen LogP contribution < -0.4 is 39.2 Å². The number of esters is 1. The maximum absolute atomic E-state index is 12.3. The van der Waals surface area contributed by atoms with Gasteiger partial charge in [-0.25, -0.2) is 9.59 Å². The molecule has 10 nitrogen and oxygen atoms in total. The van der Waals surface area contributed by atoms with Gasteiger partial charge in [-0.15, -0.1) is 0 Å². The van der Waals surface area contributed by atoms with Gasteiger partial charge in [-0.1, -0.05) is 0 Å². The number of nitrogens with one attached hydrogen (secondary N) is 2. The monoisotopic (exact) mass is 640 g/mol. The van der Waals surface area contributed by atoms with Gasteiger partial charge in [0, 0.05) is 53.1 Å². The van der Waals surface area contributed by atoms with E-state index in [-0.39, 0.29) is 67.9 Å². The number of pyridine rings is 1. The van der Waals surface area contributed by atoms with E-state index in [0.717, 1.165) is 60.3 Å². The number of carbonyl (C=O) groups excluding carboxylic acids is 3. The summed E-state index contributed by atoms with van der Waals surface area (Å²) in [5.41, 5.74) is 4.66. The van der Waals surface area contributed by atoms with Gasteiger partial charge in [0.1, 0.15) is 13.2 Å². The third-order valence-corrected chi connectivity index (χ3v) is 6.33. The van der Waals surface area contributed by atoms with Crippen LogP contribution in [0.15, 0.2) is 24.5 Å². The lowest BCUT2D eigenvalue weighted by Crippen LogP contribution is -3.00. The minimum Gasteiger partial charge on any atom is -1.00 e. The van der Waals surface area contributed by atoms with Crippen molar-refractivity contribution in [3.05, 3.63) is 41.3 Å². The van der Waals surface area contributed by atoms with Crippen LogP contribution in [0.2, 0.25) is 0 Å². The highest BCUT2D eigenvalue weighted by Crippen LogP contribution is 2.37. The lowest BCUT2D eigenvalue weighted by atomic mass is 10.0. The Kier molecular flexibility index (Phi) is 10.4. The van der Waals surface area contributed by atoms with E-state index in [1.807, 2.05) is 56.8 Å². The second-order valence-electron chi connectivity index (χ2n) is 10.2. The molecule has 2 N–H and O–H groups in total. The lowest BCUT2D eigenvalue weighted by molar-refractivity contribution is -0.727. The fraction of sp³-hybridized carbons (Fsp3) is 0.556. The first kappa shape index (κ1) is 29.7. The number of rotatable bonds is 10. The summed E-state index contributed by atoms with van der Waals surface area (Å²) >= 11 is 0. The van der Waals surface area contributed by atoms with E-state index >= 15 is 0 Å². The maximum atomic E-state index is 12.3. The quantitative estimate of drug-likeness (QED) is 0.170. The van der Waals surface area contributed by atoms with Crippen molar-refractivity contribution < 1.29 is 57.1 Å². The SMILES string of the molecule is CC(C)NC(=O)OCc1c(COC(=O)NC(C)C)c(-c2cc[n+](COC(=O)C3CC3)cc2)n2c1CCC2.[I-]. The molecule has 0 spiro atoms. The molecular formula is C27H37IN4O6. The molecule has 2 aliphatic rings. The number of alkyl carbamates (subject to hydrolysis) is 2. The molecule has 0 unspecified atom stereocenters. The molecule has 0 saturated heterocycles. The average Bonchev–Trinajstić information content (AvgIpc) is 3.51. The van der Waals surface area contributed by atoms with Crippen LogP contribution in [0.3, 0.4) is 0 Å². The molecule has 208 valence electrons. The summed E-state index contributed by atoms with van der Waals surface area (Å²) in [5.74, 6) is -0.0897. The number of halogens is 1. The molecular weight excluding hydrogens is 603 g/mol. The van der Waals surface area contributed by atoms with Gasteiger partial charge >= 0.3 is 18.2 Å². The van der Waals surface area contributed by atoms with E-state index in [1.54, 1.807) is 0 Å². The van der Waals surface area contributed by atoms with Gasteiger partial charge in [0.15, 0.2) is 12.4 Å². The van der Waals surface area contributed by atoms with Gasteiger partial charge in [0.25, 0.3) is 6.73 Å². The Morgan fingerprint density at radius 3 is 2.08 bits per heavy atom. The second kappa shape index (κ2) is 13.3. The Labute approximate surface area is 240 Å². The largest absolute Gasteiger partial charge is 1.00 e. The summed E-state index contributed by atoms with van der Waals surface area (Å²) in [6, 6.07) is 3.83. The Morgan fingerprint density at radius 2 is 1.53 bits per heavy atom. The first-order chi connectivity index (χ1) is 17.7. The van der Waals surface area contributed by atoms with Crippen LogP contribution in [-0.4, -0.2) is 34.8 Å². The number of nitrogens with zero attached hydrogens (tertiary/aromatic N) is 2. The fourth-order valence-corrected chi connectivity index (χ4v) is 4.48. The summed E-state index contributed by atoms with van der Waals surface area (Å²) in [7, 11) is 0. The number of hydrogen-bond donors (Lipinski definition) is 2. The molecule has 4 rings (SSSR count). The van der Waals surface area contributed by atoms with Crippen LogP contribution in [-0.2, 0) is 51.9 Å². The van der Waals surface area contributed by atoms with Crippen LogP contribution >= 0.6 is 0 Å². The molecule has 3 heterocycles. The van der Waals surface area contributed by atoms with Crippen LogP contribution in [0, 0.1) is 5.92 Å². The normalized spacial score (nSPS) is 14.1. The van der Waals surface area contributed by atoms with E-state index in [9.17, 15) is 14.4 Å². The highest BCUT2D eigenvalue weighted by molar-refractivity contribution is 5.74. The third-order valence-electron chi connectivity index (χ3n) is 6.33.